The molecule has 22 heavy (non-hydrogen) atoms. The van der Waals surface area contributed by atoms with E-state index < -0.39 is 5.79 Å². The molecule has 2 unspecified atom stereocenters. The summed E-state index contributed by atoms with van der Waals surface area (Å²) < 4.78 is 12.9. The van der Waals surface area contributed by atoms with Gasteiger partial charge in [-0.3, -0.25) is 0 Å². The molecule has 2 atom stereocenters. The van der Waals surface area contributed by atoms with Crippen LogP contribution in [0, 0.1) is 5.41 Å². The number of benzene rings is 2. The third-order valence-corrected chi connectivity index (χ3v) is 4.60. The second-order valence-corrected chi connectivity index (χ2v) is 7.09. The van der Waals surface area contributed by atoms with Crippen LogP contribution in [0.15, 0.2) is 60.7 Å². The van der Waals surface area contributed by atoms with Crippen molar-refractivity contribution in [2.45, 2.75) is 45.7 Å². The number of ether oxygens (including phenoxy) is 2. The monoisotopic (exact) mass is 296 g/mol. The fourth-order valence-corrected chi connectivity index (χ4v) is 2.76. The van der Waals surface area contributed by atoms with Gasteiger partial charge >= 0.3 is 0 Å². The highest BCUT2D eigenvalue weighted by Gasteiger charge is 2.52. The Morgan fingerprint density at radius 2 is 1.09 bits per heavy atom. The normalized spacial score (nSPS) is 28.7. The van der Waals surface area contributed by atoms with Gasteiger partial charge in [-0.2, -0.15) is 0 Å². The fraction of sp³-hybridized carbons (Fsp3) is 0.400. The zero-order valence-corrected chi connectivity index (χ0v) is 13.7. The lowest BCUT2D eigenvalue weighted by atomic mass is 9.86. The van der Waals surface area contributed by atoms with Crippen LogP contribution in [0.25, 0.3) is 0 Å². The van der Waals surface area contributed by atoms with Crippen molar-refractivity contribution in [1.29, 1.82) is 0 Å². The molecule has 3 rings (SSSR count). The zero-order chi connectivity index (χ0) is 15.8. The van der Waals surface area contributed by atoms with Crippen molar-refractivity contribution in [3.63, 3.8) is 0 Å². The molecule has 116 valence electrons. The first-order valence-electron chi connectivity index (χ1n) is 7.86. The largest absolute Gasteiger partial charge is 0.339 e. The fourth-order valence-electron chi connectivity index (χ4n) is 2.76. The van der Waals surface area contributed by atoms with Gasteiger partial charge in [0, 0.05) is 5.41 Å². The van der Waals surface area contributed by atoms with Crippen molar-refractivity contribution in [2.75, 3.05) is 0 Å². The van der Waals surface area contributed by atoms with E-state index in [9.17, 15) is 0 Å². The van der Waals surface area contributed by atoms with Crippen LogP contribution in [0.3, 0.4) is 0 Å². The average Bonchev–Trinajstić information content (AvgIpc) is 2.88. The lowest BCUT2D eigenvalue weighted by Crippen LogP contribution is -2.41. The van der Waals surface area contributed by atoms with Crippen LogP contribution in [-0.2, 0) is 9.47 Å². The first kappa shape index (κ1) is 15.3. The average molecular weight is 296 g/mol. The summed E-state index contributed by atoms with van der Waals surface area (Å²) in [6.45, 7) is 8.51. The van der Waals surface area contributed by atoms with Gasteiger partial charge in [-0.15, -0.1) is 0 Å². The molecular formula is C20H24O2. The highest BCUT2D eigenvalue weighted by molar-refractivity contribution is 5.27. The first-order chi connectivity index (χ1) is 10.4. The van der Waals surface area contributed by atoms with Gasteiger partial charge < -0.3 is 9.47 Å². The van der Waals surface area contributed by atoms with Gasteiger partial charge in [0.2, 0.25) is 0 Å². The highest BCUT2D eigenvalue weighted by Crippen LogP contribution is 2.52. The molecule has 0 aliphatic carbocycles. The minimum Gasteiger partial charge on any atom is -0.339 e. The molecule has 0 saturated carbocycles. The van der Waals surface area contributed by atoms with E-state index >= 15 is 0 Å². The topological polar surface area (TPSA) is 18.5 Å². The van der Waals surface area contributed by atoms with Crippen LogP contribution >= 0.6 is 0 Å². The Hall–Kier alpha value is -1.64. The van der Waals surface area contributed by atoms with Gasteiger partial charge in [0.1, 0.15) is 12.2 Å². The smallest absolute Gasteiger partial charge is 0.172 e. The maximum absolute atomic E-state index is 6.44. The minimum atomic E-state index is -0.617. The van der Waals surface area contributed by atoms with E-state index in [0.717, 1.165) is 11.1 Å². The molecule has 2 nitrogen and oxygen atoms in total. The number of rotatable bonds is 2. The SMILES string of the molecule is CC(C)(C)C1(C)OC(c2ccccc2)C(c2ccccc2)O1. The summed E-state index contributed by atoms with van der Waals surface area (Å²) >= 11 is 0. The molecule has 2 aromatic rings. The third-order valence-electron chi connectivity index (χ3n) is 4.60. The minimum absolute atomic E-state index is 0.0900. The lowest BCUT2D eigenvalue weighted by Gasteiger charge is -2.36. The van der Waals surface area contributed by atoms with Crippen LogP contribution in [0.5, 0.6) is 0 Å². The van der Waals surface area contributed by atoms with Crippen molar-refractivity contribution >= 4 is 0 Å². The predicted molar refractivity (Wildman–Crippen MR) is 88.4 cm³/mol. The molecule has 0 radical (unpaired) electrons. The summed E-state index contributed by atoms with van der Waals surface area (Å²) in [5, 5.41) is 0. The Kier molecular flexibility index (Phi) is 3.84. The van der Waals surface area contributed by atoms with E-state index in [1.165, 1.54) is 0 Å². The molecule has 1 aliphatic rings. The third kappa shape index (κ3) is 2.69. The lowest BCUT2D eigenvalue weighted by molar-refractivity contribution is -0.225. The van der Waals surface area contributed by atoms with Crippen molar-refractivity contribution in [3.8, 4) is 0 Å². The van der Waals surface area contributed by atoms with Crippen LogP contribution < -0.4 is 0 Å². The van der Waals surface area contributed by atoms with Crippen LogP contribution in [0.4, 0.5) is 0 Å². The van der Waals surface area contributed by atoms with E-state index in [-0.39, 0.29) is 17.6 Å². The molecule has 0 aromatic heterocycles. The summed E-state index contributed by atoms with van der Waals surface area (Å²) in [6, 6.07) is 20.7. The number of hydrogen-bond acceptors (Lipinski definition) is 2. The number of hydrogen-bond donors (Lipinski definition) is 0. The van der Waals surface area contributed by atoms with Gasteiger partial charge in [0.05, 0.1) is 0 Å². The summed E-state index contributed by atoms with van der Waals surface area (Å²) in [6.07, 6.45) is -0.180. The van der Waals surface area contributed by atoms with E-state index in [0.29, 0.717) is 0 Å². The van der Waals surface area contributed by atoms with Gasteiger partial charge in [0.25, 0.3) is 0 Å². The Morgan fingerprint density at radius 1 is 0.727 bits per heavy atom. The first-order valence-corrected chi connectivity index (χ1v) is 7.86. The van der Waals surface area contributed by atoms with Crippen molar-refractivity contribution in [1.82, 2.24) is 0 Å². The molecule has 2 heteroatoms. The summed E-state index contributed by atoms with van der Waals surface area (Å²) in [5.41, 5.74) is 2.21. The van der Waals surface area contributed by atoms with Gasteiger partial charge in [0.15, 0.2) is 5.79 Å². The molecule has 1 fully saturated rings. The molecule has 0 N–H and O–H groups in total. The van der Waals surface area contributed by atoms with Gasteiger partial charge in [-0.05, 0) is 18.1 Å². The Bertz CT molecular complexity index is 566. The second-order valence-electron chi connectivity index (χ2n) is 7.09. The summed E-state index contributed by atoms with van der Waals surface area (Å²) in [4.78, 5) is 0. The molecule has 0 spiro atoms. The van der Waals surface area contributed by atoms with Gasteiger partial charge in [-0.25, -0.2) is 0 Å². The predicted octanol–water partition coefficient (Wildman–Crippen LogP) is 5.28. The molecule has 1 aliphatic heterocycles. The highest BCUT2D eigenvalue weighted by atomic mass is 16.8. The second kappa shape index (κ2) is 5.53. The van der Waals surface area contributed by atoms with E-state index in [2.05, 4.69) is 45.0 Å². The van der Waals surface area contributed by atoms with Crippen LogP contribution in [0.2, 0.25) is 0 Å². The maximum atomic E-state index is 6.44. The standard InChI is InChI=1S/C20H24O2/c1-19(2,3)20(4)21-17(15-11-7-5-8-12-15)18(22-20)16-13-9-6-10-14-16/h5-14,17-18H,1-4H3. The maximum Gasteiger partial charge on any atom is 0.172 e. The summed E-state index contributed by atoms with van der Waals surface area (Å²) in [5.74, 6) is -0.617. The van der Waals surface area contributed by atoms with E-state index in [4.69, 9.17) is 9.47 Å². The molecular weight excluding hydrogens is 272 g/mol. The Balaban J connectivity index is 2.01. The zero-order valence-electron chi connectivity index (χ0n) is 13.7. The van der Waals surface area contributed by atoms with E-state index in [1.807, 2.05) is 43.3 Å². The summed E-state index contributed by atoms with van der Waals surface area (Å²) in [7, 11) is 0. The van der Waals surface area contributed by atoms with E-state index in [1.54, 1.807) is 0 Å². The van der Waals surface area contributed by atoms with Crippen molar-refractivity contribution in [2.24, 2.45) is 5.41 Å². The Morgan fingerprint density at radius 3 is 1.41 bits per heavy atom. The molecule has 1 heterocycles. The van der Waals surface area contributed by atoms with Crippen LogP contribution in [0.1, 0.15) is 51.0 Å². The molecule has 0 amide bonds. The Labute approximate surface area is 133 Å². The molecule has 1 saturated heterocycles. The van der Waals surface area contributed by atoms with Gasteiger partial charge in [-0.1, -0.05) is 81.4 Å². The molecule has 2 aromatic carbocycles. The molecule has 0 bridgehead atoms. The quantitative estimate of drug-likeness (QED) is 0.750. The van der Waals surface area contributed by atoms with Crippen molar-refractivity contribution in [3.05, 3.63) is 71.8 Å². The van der Waals surface area contributed by atoms with Crippen molar-refractivity contribution < 1.29 is 9.47 Å². The van der Waals surface area contributed by atoms with Crippen LogP contribution in [-0.4, -0.2) is 5.79 Å².